The minimum absolute atomic E-state index is 0.199. The number of sulfonamides is 1. The van der Waals surface area contributed by atoms with Gasteiger partial charge in [-0.1, -0.05) is 23.7 Å². The van der Waals surface area contributed by atoms with Crippen LogP contribution in [0.4, 0.5) is 0 Å². The quantitative estimate of drug-likeness (QED) is 0.706. The average molecular weight is 384 g/mol. The van der Waals surface area contributed by atoms with Gasteiger partial charge in [0, 0.05) is 18.2 Å². The van der Waals surface area contributed by atoms with Gasteiger partial charge < -0.3 is 9.47 Å². The lowest BCUT2D eigenvalue weighted by atomic mass is 10.1. The van der Waals surface area contributed by atoms with Crippen LogP contribution in [0.15, 0.2) is 47.4 Å². The van der Waals surface area contributed by atoms with Crippen LogP contribution in [0.5, 0.6) is 5.75 Å². The van der Waals surface area contributed by atoms with Crippen molar-refractivity contribution in [2.24, 2.45) is 0 Å². The summed E-state index contributed by atoms with van der Waals surface area (Å²) in [7, 11) is -2.05. The second kappa shape index (κ2) is 8.67. The van der Waals surface area contributed by atoms with E-state index in [-0.39, 0.29) is 10.9 Å². The highest BCUT2D eigenvalue weighted by Gasteiger charge is 2.19. The Morgan fingerprint density at radius 1 is 1.12 bits per heavy atom. The van der Waals surface area contributed by atoms with Gasteiger partial charge in [-0.2, -0.15) is 0 Å². The second-order valence-corrected chi connectivity index (χ2v) is 7.81. The molecule has 0 amide bonds. The topological polar surface area (TPSA) is 64.6 Å². The first-order valence-corrected chi connectivity index (χ1v) is 9.70. The van der Waals surface area contributed by atoms with Gasteiger partial charge in [0.15, 0.2) is 0 Å². The summed E-state index contributed by atoms with van der Waals surface area (Å²) in [4.78, 5) is 0.199. The van der Waals surface area contributed by atoms with E-state index >= 15 is 0 Å². The van der Waals surface area contributed by atoms with E-state index in [9.17, 15) is 8.42 Å². The van der Waals surface area contributed by atoms with Gasteiger partial charge in [-0.15, -0.1) is 0 Å². The Morgan fingerprint density at radius 3 is 2.40 bits per heavy atom. The van der Waals surface area contributed by atoms with Crippen molar-refractivity contribution in [3.8, 4) is 5.75 Å². The molecule has 0 fully saturated rings. The molecule has 0 heterocycles. The van der Waals surface area contributed by atoms with Crippen LogP contribution in [0, 0.1) is 6.92 Å². The summed E-state index contributed by atoms with van der Waals surface area (Å²) >= 11 is 5.86. The maximum absolute atomic E-state index is 12.6. The molecular weight excluding hydrogens is 362 g/mol. The predicted molar refractivity (Wildman–Crippen MR) is 98.7 cm³/mol. The summed E-state index contributed by atoms with van der Waals surface area (Å²) in [6.45, 7) is 4.48. The fourth-order valence-electron chi connectivity index (χ4n) is 2.31. The zero-order valence-electron chi connectivity index (χ0n) is 14.5. The van der Waals surface area contributed by atoms with Gasteiger partial charge in [-0.3, -0.25) is 0 Å². The third kappa shape index (κ3) is 5.44. The van der Waals surface area contributed by atoms with Crippen molar-refractivity contribution in [2.45, 2.75) is 24.8 Å². The molecule has 0 aliphatic rings. The van der Waals surface area contributed by atoms with E-state index < -0.39 is 10.0 Å². The van der Waals surface area contributed by atoms with Crippen molar-refractivity contribution < 1.29 is 17.9 Å². The first-order chi connectivity index (χ1) is 11.8. The number of halogens is 1. The van der Waals surface area contributed by atoms with Crippen LogP contribution in [0.25, 0.3) is 0 Å². The Kier molecular flexibility index (Phi) is 6.84. The number of aryl methyl sites for hydroxylation is 1. The minimum Gasteiger partial charge on any atom is -0.491 e. The van der Waals surface area contributed by atoms with E-state index in [4.69, 9.17) is 21.1 Å². The average Bonchev–Trinajstić information content (AvgIpc) is 2.56. The molecule has 0 aliphatic carbocycles. The van der Waals surface area contributed by atoms with E-state index in [1.165, 1.54) is 6.07 Å². The summed E-state index contributed by atoms with van der Waals surface area (Å²) < 4.78 is 38.4. The van der Waals surface area contributed by atoms with E-state index in [1.54, 1.807) is 50.4 Å². The number of hydrogen-bond acceptors (Lipinski definition) is 4. The highest BCUT2D eigenvalue weighted by Crippen LogP contribution is 2.24. The molecule has 0 spiro atoms. The highest BCUT2D eigenvalue weighted by atomic mass is 35.5. The molecule has 7 heteroatoms. The second-order valence-electron chi connectivity index (χ2n) is 5.66. The van der Waals surface area contributed by atoms with E-state index in [2.05, 4.69) is 4.72 Å². The van der Waals surface area contributed by atoms with Crippen LogP contribution in [-0.4, -0.2) is 28.7 Å². The standard InChI is InChI=1S/C18H22ClNO4S/c1-13-12-17(8-9-18(13)24-11-10-23-3)25(21,22)20-14(2)15-4-6-16(19)7-5-15/h4-9,12,14,20H,10-11H2,1-3H3. The smallest absolute Gasteiger partial charge is 0.241 e. The maximum atomic E-state index is 12.6. The minimum atomic E-state index is -3.65. The third-order valence-corrected chi connectivity index (χ3v) is 5.49. The molecule has 0 aliphatic heterocycles. The summed E-state index contributed by atoms with van der Waals surface area (Å²) in [5.41, 5.74) is 1.59. The zero-order chi connectivity index (χ0) is 18.4. The van der Waals surface area contributed by atoms with Crippen molar-refractivity contribution in [1.29, 1.82) is 0 Å². The molecule has 1 unspecified atom stereocenters. The number of hydrogen-bond donors (Lipinski definition) is 1. The zero-order valence-corrected chi connectivity index (χ0v) is 16.0. The van der Waals surface area contributed by atoms with Crippen LogP contribution in [0.3, 0.4) is 0 Å². The molecule has 2 aromatic carbocycles. The summed E-state index contributed by atoms with van der Waals surface area (Å²) in [5.74, 6) is 0.641. The molecule has 2 aromatic rings. The van der Waals surface area contributed by atoms with Crippen LogP contribution < -0.4 is 9.46 Å². The predicted octanol–water partition coefficient (Wildman–Crippen LogP) is 3.71. The van der Waals surface area contributed by atoms with Gasteiger partial charge in [0.25, 0.3) is 0 Å². The van der Waals surface area contributed by atoms with Crippen molar-refractivity contribution in [3.05, 3.63) is 58.6 Å². The van der Waals surface area contributed by atoms with Crippen molar-refractivity contribution in [3.63, 3.8) is 0 Å². The van der Waals surface area contributed by atoms with Crippen molar-refractivity contribution >= 4 is 21.6 Å². The Bertz CT molecular complexity index is 806. The Hall–Kier alpha value is -1.60. The molecule has 5 nitrogen and oxygen atoms in total. The van der Waals surface area contributed by atoms with Crippen molar-refractivity contribution in [2.75, 3.05) is 20.3 Å². The first kappa shape index (κ1) is 19.7. The van der Waals surface area contributed by atoms with Gasteiger partial charge in [-0.25, -0.2) is 13.1 Å². The molecule has 0 radical (unpaired) electrons. The summed E-state index contributed by atoms with van der Waals surface area (Å²) in [6.07, 6.45) is 0. The number of rotatable bonds is 8. The van der Waals surface area contributed by atoms with Gasteiger partial charge in [0.05, 0.1) is 11.5 Å². The molecule has 0 saturated carbocycles. The number of nitrogens with one attached hydrogen (secondary N) is 1. The molecule has 25 heavy (non-hydrogen) atoms. The molecule has 0 aromatic heterocycles. The largest absolute Gasteiger partial charge is 0.491 e. The lowest BCUT2D eigenvalue weighted by Gasteiger charge is -2.16. The Morgan fingerprint density at radius 2 is 1.80 bits per heavy atom. The van der Waals surface area contributed by atoms with Gasteiger partial charge >= 0.3 is 0 Å². The first-order valence-electron chi connectivity index (χ1n) is 7.83. The monoisotopic (exact) mass is 383 g/mol. The summed E-state index contributed by atoms with van der Waals surface area (Å²) in [6, 6.07) is 11.5. The Balaban J connectivity index is 2.13. The van der Waals surface area contributed by atoms with E-state index in [0.717, 1.165) is 11.1 Å². The third-order valence-electron chi connectivity index (χ3n) is 3.70. The molecule has 136 valence electrons. The number of methoxy groups -OCH3 is 1. The molecule has 1 N–H and O–H groups in total. The Labute approximate surface area is 154 Å². The van der Waals surface area contributed by atoms with Gasteiger partial charge in [0.1, 0.15) is 12.4 Å². The van der Waals surface area contributed by atoms with Gasteiger partial charge in [0.2, 0.25) is 10.0 Å². The molecule has 0 bridgehead atoms. The lowest BCUT2D eigenvalue weighted by molar-refractivity contribution is 0.146. The van der Waals surface area contributed by atoms with Crippen LogP contribution in [-0.2, 0) is 14.8 Å². The fourth-order valence-corrected chi connectivity index (χ4v) is 3.75. The molecule has 1 atom stereocenters. The molecule has 0 saturated heterocycles. The number of benzene rings is 2. The van der Waals surface area contributed by atoms with Crippen molar-refractivity contribution in [1.82, 2.24) is 4.72 Å². The normalized spacial score (nSPS) is 12.8. The SMILES string of the molecule is COCCOc1ccc(S(=O)(=O)NC(C)c2ccc(Cl)cc2)cc1C. The van der Waals surface area contributed by atoms with E-state index in [1.807, 2.05) is 6.92 Å². The maximum Gasteiger partial charge on any atom is 0.241 e. The van der Waals surface area contributed by atoms with Gasteiger partial charge in [-0.05, 0) is 55.3 Å². The molecule has 2 rings (SSSR count). The molecular formula is C18H22ClNO4S. The fraction of sp³-hybridized carbons (Fsp3) is 0.333. The lowest BCUT2D eigenvalue weighted by Crippen LogP contribution is -2.27. The summed E-state index contributed by atoms with van der Waals surface area (Å²) in [5, 5.41) is 0.610. The number of ether oxygens (including phenoxy) is 2. The van der Waals surface area contributed by atoms with Crippen LogP contribution in [0.2, 0.25) is 5.02 Å². The van der Waals surface area contributed by atoms with Crippen LogP contribution >= 0.6 is 11.6 Å². The highest BCUT2D eigenvalue weighted by molar-refractivity contribution is 7.89. The van der Waals surface area contributed by atoms with E-state index in [0.29, 0.717) is 24.0 Å². The van der Waals surface area contributed by atoms with Crippen LogP contribution in [0.1, 0.15) is 24.1 Å².